The zero-order valence-corrected chi connectivity index (χ0v) is 13.9. The molecule has 1 atom stereocenters. The maximum absolute atomic E-state index is 9.40. The van der Waals surface area contributed by atoms with Crippen molar-refractivity contribution < 1.29 is 4.74 Å². The molecule has 22 heavy (non-hydrogen) atoms. The van der Waals surface area contributed by atoms with Crippen molar-refractivity contribution in [2.24, 2.45) is 0 Å². The largest absolute Gasteiger partial charge is 0.494 e. The average Bonchev–Trinajstić information content (AvgIpc) is 2.50. The number of aryl methyl sites for hydroxylation is 3. The fourth-order valence-corrected chi connectivity index (χ4v) is 2.66. The minimum absolute atomic E-state index is 0.143. The molecule has 0 aliphatic carbocycles. The molecule has 0 bridgehead atoms. The van der Waals surface area contributed by atoms with Crippen LogP contribution in [-0.2, 0) is 0 Å². The van der Waals surface area contributed by atoms with Gasteiger partial charge in [0.25, 0.3) is 0 Å². The molecule has 0 saturated carbocycles. The van der Waals surface area contributed by atoms with Gasteiger partial charge in [-0.2, -0.15) is 5.26 Å². The van der Waals surface area contributed by atoms with Crippen LogP contribution in [0.5, 0.6) is 5.75 Å². The van der Waals surface area contributed by atoms with Gasteiger partial charge in [0.15, 0.2) is 0 Å². The summed E-state index contributed by atoms with van der Waals surface area (Å²) >= 11 is 6.16. The average molecular weight is 314 g/mol. The predicted molar refractivity (Wildman–Crippen MR) is 90.6 cm³/mol. The third-order valence-electron chi connectivity index (χ3n) is 3.80. The van der Waals surface area contributed by atoms with Crippen LogP contribution in [0.1, 0.15) is 34.6 Å². The lowest BCUT2D eigenvalue weighted by atomic mass is 9.94. The molecule has 0 heterocycles. The summed E-state index contributed by atoms with van der Waals surface area (Å²) in [5, 5.41) is 10.2. The minimum atomic E-state index is -0.143. The number of halogens is 1. The summed E-state index contributed by atoms with van der Waals surface area (Å²) < 4.78 is 5.81. The summed E-state index contributed by atoms with van der Waals surface area (Å²) in [4.78, 5) is 0. The van der Waals surface area contributed by atoms with Gasteiger partial charge in [0, 0.05) is 11.4 Å². The molecule has 2 nitrogen and oxygen atoms in total. The van der Waals surface area contributed by atoms with E-state index in [0.717, 1.165) is 33.0 Å². The highest BCUT2D eigenvalue weighted by molar-refractivity contribution is 6.32. The van der Waals surface area contributed by atoms with Gasteiger partial charge in [0.2, 0.25) is 0 Å². The highest BCUT2D eigenvalue weighted by Gasteiger charge is 2.13. The highest BCUT2D eigenvalue weighted by atomic mass is 35.5. The van der Waals surface area contributed by atoms with Crippen LogP contribution in [0.15, 0.2) is 36.4 Å². The number of nitrogens with zero attached hydrogens (tertiary/aromatic N) is 1. The molecule has 1 unspecified atom stereocenters. The maximum Gasteiger partial charge on any atom is 0.119 e. The molecule has 0 radical (unpaired) electrons. The molecule has 3 heteroatoms. The molecule has 2 aromatic carbocycles. The summed E-state index contributed by atoms with van der Waals surface area (Å²) in [7, 11) is 0. The van der Waals surface area contributed by atoms with Crippen LogP contribution in [0.3, 0.4) is 0 Å². The molecular formula is C19H20ClNO. The fourth-order valence-electron chi connectivity index (χ4n) is 2.55. The Hall–Kier alpha value is -1.98. The molecule has 2 aromatic rings. The maximum atomic E-state index is 9.40. The van der Waals surface area contributed by atoms with Gasteiger partial charge in [-0.3, -0.25) is 0 Å². The van der Waals surface area contributed by atoms with E-state index in [1.165, 1.54) is 0 Å². The van der Waals surface area contributed by atoms with E-state index in [9.17, 15) is 5.26 Å². The first-order chi connectivity index (χ1) is 10.5. The molecule has 0 fully saturated rings. The van der Waals surface area contributed by atoms with Gasteiger partial charge >= 0.3 is 0 Å². The number of nitriles is 1. The Bertz CT molecular complexity index is 680. The van der Waals surface area contributed by atoms with Gasteiger partial charge < -0.3 is 4.74 Å². The number of hydrogen-bond donors (Lipinski definition) is 0. The fraction of sp³-hybridized carbons (Fsp3) is 0.316. The van der Waals surface area contributed by atoms with Gasteiger partial charge in [-0.15, -0.1) is 0 Å². The van der Waals surface area contributed by atoms with Crippen LogP contribution in [0.4, 0.5) is 0 Å². The molecule has 114 valence electrons. The number of benzene rings is 2. The third-order valence-corrected chi connectivity index (χ3v) is 4.40. The Kier molecular flexibility index (Phi) is 5.46. The predicted octanol–water partition coefficient (Wildman–Crippen LogP) is 5.34. The first-order valence-corrected chi connectivity index (χ1v) is 7.75. The molecule has 0 aliphatic rings. The second kappa shape index (κ2) is 7.33. The Morgan fingerprint density at radius 1 is 1.09 bits per heavy atom. The van der Waals surface area contributed by atoms with Crippen molar-refractivity contribution in [1.29, 1.82) is 5.26 Å². The Labute approximate surface area is 137 Å². The van der Waals surface area contributed by atoms with Gasteiger partial charge in [0.1, 0.15) is 5.75 Å². The first-order valence-electron chi connectivity index (χ1n) is 7.37. The van der Waals surface area contributed by atoms with E-state index < -0.39 is 0 Å². The Balaban J connectivity index is 2.01. The van der Waals surface area contributed by atoms with E-state index in [-0.39, 0.29) is 5.92 Å². The summed E-state index contributed by atoms with van der Waals surface area (Å²) in [5.41, 5.74) is 4.24. The van der Waals surface area contributed by atoms with Gasteiger partial charge in [0.05, 0.1) is 18.6 Å². The van der Waals surface area contributed by atoms with Crippen LogP contribution in [0.25, 0.3) is 0 Å². The quantitative estimate of drug-likeness (QED) is 0.746. The standard InChI is InChI=1S/C19H20ClNO/c1-13-6-4-5-7-18(13)16(12-21)8-9-22-17-10-14(2)19(20)15(3)11-17/h4-7,10-11,16H,8-9H2,1-3H3. The first kappa shape index (κ1) is 16.4. The molecular weight excluding hydrogens is 294 g/mol. The molecule has 0 saturated heterocycles. The van der Waals surface area contributed by atoms with E-state index in [1.807, 2.05) is 57.2 Å². The van der Waals surface area contributed by atoms with Gasteiger partial charge in [-0.1, -0.05) is 35.9 Å². The minimum Gasteiger partial charge on any atom is -0.494 e. The van der Waals surface area contributed by atoms with Crippen LogP contribution >= 0.6 is 11.6 Å². The SMILES string of the molecule is Cc1ccccc1C(C#N)CCOc1cc(C)c(Cl)c(C)c1. The van der Waals surface area contributed by atoms with Crippen LogP contribution in [0.2, 0.25) is 5.02 Å². The molecule has 0 aliphatic heterocycles. The summed E-state index contributed by atoms with van der Waals surface area (Å²) in [6.45, 7) is 6.47. The monoisotopic (exact) mass is 313 g/mol. The van der Waals surface area contributed by atoms with Crippen molar-refractivity contribution in [3.05, 3.63) is 63.7 Å². The van der Waals surface area contributed by atoms with Gasteiger partial charge in [-0.25, -0.2) is 0 Å². The number of ether oxygens (including phenoxy) is 1. The molecule has 0 amide bonds. The van der Waals surface area contributed by atoms with Crippen molar-refractivity contribution in [2.45, 2.75) is 33.1 Å². The second-order valence-electron chi connectivity index (χ2n) is 5.55. The summed E-state index contributed by atoms with van der Waals surface area (Å²) in [5.74, 6) is 0.663. The van der Waals surface area contributed by atoms with E-state index in [4.69, 9.17) is 16.3 Å². The normalized spacial score (nSPS) is 11.8. The highest BCUT2D eigenvalue weighted by Crippen LogP contribution is 2.27. The molecule has 2 rings (SSSR count). The van der Waals surface area contributed by atoms with Crippen molar-refractivity contribution >= 4 is 11.6 Å². The van der Waals surface area contributed by atoms with Crippen molar-refractivity contribution in [3.8, 4) is 11.8 Å². The number of rotatable bonds is 5. The molecule has 0 N–H and O–H groups in total. The van der Waals surface area contributed by atoms with Gasteiger partial charge in [-0.05, 0) is 55.2 Å². The van der Waals surface area contributed by atoms with Crippen LogP contribution < -0.4 is 4.74 Å². The number of hydrogen-bond acceptors (Lipinski definition) is 2. The summed E-state index contributed by atoms with van der Waals surface area (Å²) in [6, 6.07) is 14.3. The van der Waals surface area contributed by atoms with Crippen LogP contribution in [-0.4, -0.2) is 6.61 Å². The van der Waals surface area contributed by atoms with E-state index in [0.29, 0.717) is 13.0 Å². The lowest BCUT2D eigenvalue weighted by molar-refractivity contribution is 0.305. The van der Waals surface area contributed by atoms with Crippen molar-refractivity contribution in [1.82, 2.24) is 0 Å². The third kappa shape index (κ3) is 3.81. The van der Waals surface area contributed by atoms with Crippen molar-refractivity contribution in [3.63, 3.8) is 0 Å². The lowest BCUT2D eigenvalue weighted by Gasteiger charge is -2.14. The van der Waals surface area contributed by atoms with Crippen LogP contribution in [0, 0.1) is 32.1 Å². The van der Waals surface area contributed by atoms with E-state index >= 15 is 0 Å². The smallest absolute Gasteiger partial charge is 0.119 e. The summed E-state index contributed by atoms with van der Waals surface area (Å²) in [6.07, 6.45) is 0.669. The second-order valence-corrected chi connectivity index (χ2v) is 5.92. The lowest BCUT2D eigenvalue weighted by Crippen LogP contribution is -2.06. The zero-order chi connectivity index (χ0) is 16.1. The molecule has 0 spiro atoms. The topological polar surface area (TPSA) is 33.0 Å². The van der Waals surface area contributed by atoms with E-state index in [2.05, 4.69) is 6.07 Å². The van der Waals surface area contributed by atoms with Crippen molar-refractivity contribution in [2.75, 3.05) is 6.61 Å². The molecule has 0 aromatic heterocycles. The zero-order valence-electron chi connectivity index (χ0n) is 13.2. The Morgan fingerprint density at radius 2 is 1.73 bits per heavy atom. The van der Waals surface area contributed by atoms with E-state index in [1.54, 1.807) is 0 Å². The Morgan fingerprint density at radius 3 is 2.32 bits per heavy atom.